The molecule has 0 saturated heterocycles. The molecule has 1 saturated carbocycles. The molecule has 23 heavy (non-hydrogen) atoms. The summed E-state index contributed by atoms with van der Waals surface area (Å²) in [6.45, 7) is 0. The van der Waals surface area contributed by atoms with Crippen molar-refractivity contribution < 1.29 is 4.79 Å². The summed E-state index contributed by atoms with van der Waals surface area (Å²) < 4.78 is 0. The van der Waals surface area contributed by atoms with Crippen LogP contribution in [0.4, 0.5) is 0 Å². The lowest BCUT2D eigenvalue weighted by Crippen LogP contribution is -2.20. The zero-order valence-corrected chi connectivity index (χ0v) is 14.3. The van der Waals surface area contributed by atoms with E-state index < -0.39 is 0 Å². The number of hydrazone groups is 1. The predicted molar refractivity (Wildman–Crippen MR) is 96.3 cm³/mol. The highest BCUT2D eigenvalue weighted by molar-refractivity contribution is 7.98. The third-order valence-electron chi connectivity index (χ3n) is 3.91. The Bertz CT molecular complexity index is 747. The van der Waals surface area contributed by atoms with Crippen molar-refractivity contribution in [3.8, 4) is 0 Å². The number of hydrogen-bond donors (Lipinski definition) is 1. The standard InChI is InChI=1S/C18H17ClN2OS/c1-23-13-6-4-5-12(9-13)11-20-21-18(22)16-10-15(16)14-7-2-3-8-17(14)19/h2-9,11,15-16H,10H2,1H3,(H,21,22)/b20-11+. The molecule has 2 aromatic carbocycles. The van der Waals surface area contributed by atoms with Gasteiger partial charge in [0.1, 0.15) is 0 Å². The van der Waals surface area contributed by atoms with Gasteiger partial charge in [0.25, 0.3) is 0 Å². The summed E-state index contributed by atoms with van der Waals surface area (Å²) in [4.78, 5) is 13.3. The van der Waals surface area contributed by atoms with Gasteiger partial charge in [-0.3, -0.25) is 4.79 Å². The highest BCUT2D eigenvalue weighted by atomic mass is 35.5. The van der Waals surface area contributed by atoms with Gasteiger partial charge in [0.2, 0.25) is 5.91 Å². The average molecular weight is 345 g/mol. The van der Waals surface area contributed by atoms with Crippen molar-refractivity contribution >= 4 is 35.5 Å². The number of thioether (sulfide) groups is 1. The summed E-state index contributed by atoms with van der Waals surface area (Å²) in [5, 5.41) is 4.79. The molecular weight excluding hydrogens is 328 g/mol. The molecule has 0 bridgehead atoms. The Labute approximate surface area is 145 Å². The Morgan fingerprint density at radius 1 is 1.30 bits per heavy atom. The minimum atomic E-state index is -0.0489. The van der Waals surface area contributed by atoms with E-state index in [1.807, 2.05) is 54.8 Å². The summed E-state index contributed by atoms with van der Waals surface area (Å²) >= 11 is 7.85. The lowest BCUT2D eigenvalue weighted by Gasteiger charge is -2.02. The van der Waals surface area contributed by atoms with Crippen LogP contribution in [0.15, 0.2) is 58.5 Å². The van der Waals surface area contributed by atoms with Crippen LogP contribution >= 0.6 is 23.4 Å². The fraction of sp³-hybridized carbons (Fsp3) is 0.222. The summed E-state index contributed by atoms with van der Waals surface area (Å²) in [5.41, 5.74) is 4.65. The number of benzene rings is 2. The quantitative estimate of drug-likeness (QED) is 0.498. The number of nitrogens with one attached hydrogen (secondary N) is 1. The summed E-state index contributed by atoms with van der Waals surface area (Å²) in [6, 6.07) is 15.7. The fourth-order valence-corrected chi connectivity index (χ4v) is 3.32. The molecule has 5 heteroatoms. The predicted octanol–water partition coefficient (Wildman–Crippen LogP) is 4.32. The van der Waals surface area contributed by atoms with Crippen molar-refractivity contribution in [1.82, 2.24) is 5.43 Å². The van der Waals surface area contributed by atoms with Crippen LogP contribution < -0.4 is 5.43 Å². The van der Waals surface area contributed by atoms with Gasteiger partial charge in [0.05, 0.1) is 6.21 Å². The van der Waals surface area contributed by atoms with Crippen molar-refractivity contribution in [2.24, 2.45) is 11.0 Å². The van der Waals surface area contributed by atoms with Crippen molar-refractivity contribution in [2.75, 3.05) is 6.26 Å². The summed E-state index contributed by atoms with van der Waals surface area (Å²) in [5.74, 6) is 0.121. The molecular formula is C18H17ClN2OS. The first-order valence-electron chi connectivity index (χ1n) is 7.40. The topological polar surface area (TPSA) is 41.5 Å². The minimum absolute atomic E-state index is 0.0374. The molecule has 1 fully saturated rings. The van der Waals surface area contributed by atoms with Gasteiger partial charge in [0, 0.05) is 15.8 Å². The van der Waals surface area contributed by atoms with Gasteiger partial charge in [-0.15, -0.1) is 11.8 Å². The second-order valence-electron chi connectivity index (χ2n) is 5.48. The van der Waals surface area contributed by atoms with Crippen molar-refractivity contribution in [1.29, 1.82) is 0 Å². The Balaban J connectivity index is 1.56. The molecule has 1 N–H and O–H groups in total. The lowest BCUT2D eigenvalue weighted by molar-refractivity contribution is -0.122. The van der Waals surface area contributed by atoms with Crippen LogP contribution in [0.25, 0.3) is 0 Å². The third-order valence-corrected chi connectivity index (χ3v) is 4.98. The van der Waals surface area contributed by atoms with Crippen LogP contribution in [0.5, 0.6) is 0 Å². The lowest BCUT2D eigenvalue weighted by atomic mass is 10.1. The van der Waals surface area contributed by atoms with Crippen molar-refractivity contribution in [3.63, 3.8) is 0 Å². The second kappa shape index (κ2) is 7.20. The van der Waals surface area contributed by atoms with Crippen LogP contribution in [-0.4, -0.2) is 18.4 Å². The Morgan fingerprint density at radius 2 is 2.13 bits per heavy atom. The van der Waals surface area contributed by atoms with Gasteiger partial charge in [-0.25, -0.2) is 5.43 Å². The Kier molecular flexibility index (Phi) is 5.03. The van der Waals surface area contributed by atoms with E-state index in [0.29, 0.717) is 0 Å². The van der Waals surface area contributed by atoms with E-state index >= 15 is 0 Å². The van der Waals surface area contributed by atoms with E-state index in [1.165, 1.54) is 4.90 Å². The second-order valence-corrected chi connectivity index (χ2v) is 6.77. The van der Waals surface area contributed by atoms with Crippen molar-refractivity contribution in [2.45, 2.75) is 17.2 Å². The normalized spacial score (nSPS) is 19.7. The molecule has 2 unspecified atom stereocenters. The maximum absolute atomic E-state index is 12.1. The largest absolute Gasteiger partial charge is 0.273 e. The monoisotopic (exact) mass is 344 g/mol. The van der Waals surface area contributed by atoms with E-state index in [2.05, 4.69) is 10.5 Å². The zero-order valence-electron chi connectivity index (χ0n) is 12.7. The molecule has 1 aliphatic carbocycles. The Hall–Kier alpha value is -1.78. The molecule has 0 aliphatic heterocycles. The summed E-state index contributed by atoms with van der Waals surface area (Å²) in [7, 11) is 0. The molecule has 2 atom stereocenters. The molecule has 0 spiro atoms. The number of hydrogen-bond acceptors (Lipinski definition) is 3. The van der Waals surface area contributed by atoms with Gasteiger partial charge in [-0.2, -0.15) is 5.10 Å². The van der Waals surface area contributed by atoms with Crippen molar-refractivity contribution in [3.05, 3.63) is 64.7 Å². The van der Waals surface area contributed by atoms with Crippen LogP contribution in [-0.2, 0) is 4.79 Å². The number of carbonyl (C=O) groups is 1. The zero-order chi connectivity index (χ0) is 16.2. The Morgan fingerprint density at radius 3 is 2.91 bits per heavy atom. The first-order chi connectivity index (χ1) is 11.2. The molecule has 1 amide bonds. The smallest absolute Gasteiger partial charge is 0.243 e. The highest BCUT2D eigenvalue weighted by Crippen LogP contribution is 2.49. The number of amides is 1. The molecule has 3 nitrogen and oxygen atoms in total. The first kappa shape index (κ1) is 16.1. The van der Waals surface area contributed by atoms with E-state index in [1.54, 1.807) is 18.0 Å². The molecule has 1 aliphatic rings. The average Bonchev–Trinajstić information content (AvgIpc) is 3.36. The third kappa shape index (κ3) is 3.95. The molecule has 118 valence electrons. The highest BCUT2D eigenvalue weighted by Gasteiger charge is 2.44. The van der Waals surface area contributed by atoms with Crippen LogP contribution in [0.1, 0.15) is 23.5 Å². The number of rotatable bonds is 5. The van der Waals surface area contributed by atoms with Crippen LogP contribution in [0, 0.1) is 5.92 Å². The number of nitrogens with zero attached hydrogens (tertiary/aromatic N) is 1. The van der Waals surface area contributed by atoms with Gasteiger partial charge in [-0.1, -0.05) is 41.9 Å². The molecule has 0 aromatic heterocycles. The number of halogens is 1. The SMILES string of the molecule is CSc1cccc(/C=N/NC(=O)C2CC2c2ccccc2Cl)c1. The first-order valence-corrected chi connectivity index (χ1v) is 9.00. The molecule has 0 radical (unpaired) electrons. The van der Waals surface area contributed by atoms with Gasteiger partial charge in [0.15, 0.2) is 0 Å². The molecule has 0 heterocycles. The molecule has 3 rings (SSSR count). The van der Waals surface area contributed by atoms with Gasteiger partial charge >= 0.3 is 0 Å². The van der Waals surface area contributed by atoms with E-state index in [9.17, 15) is 4.79 Å². The van der Waals surface area contributed by atoms with Gasteiger partial charge in [-0.05, 0) is 47.9 Å². The van der Waals surface area contributed by atoms with Crippen LogP contribution in [0.3, 0.4) is 0 Å². The number of carbonyl (C=O) groups excluding carboxylic acids is 1. The van der Waals surface area contributed by atoms with E-state index in [4.69, 9.17) is 11.6 Å². The minimum Gasteiger partial charge on any atom is -0.273 e. The maximum Gasteiger partial charge on any atom is 0.243 e. The summed E-state index contributed by atoms with van der Waals surface area (Å²) in [6.07, 6.45) is 4.53. The van der Waals surface area contributed by atoms with Crippen LogP contribution in [0.2, 0.25) is 5.02 Å². The fourth-order valence-electron chi connectivity index (χ4n) is 2.58. The van der Waals surface area contributed by atoms with E-state index in [-0.39, 0.29) is 17.7 Å². The molecule has 2 aromatic rings. The maximum atomic E-state index is 12.1. The van der Waals surface area contributed by atoms with E-state index in [0.717, 1.165) is 22.6 Å². The van der Waals surface area contributed by atoms with Gasteiger partial charge < -0.3 is 0 Å².